The minimum Gasteiger partial charge on any atom is -0.387 e. The number of ether oxygens (including phenoxy) is 1. The van der Waals surface area contributed by atoms with Crippen molar-refractivity contribution in [3.8, 4) is 6.07 Å². The van der Waals surface area contributed by atoms with E-state index in [0.29, 0.717) is 0 Å². The number of nitrogens with zero attached hydrogens (tertiary/aromatic N) is 4. The molecule has 0 bridgehead atoms. The van der Waals surface area contributed by atoms with E-state index < -0.39 is 41.5 Å². The number of rotatable bonds is 4. The molecule has 1 aliphatic heterocycles. The molecule has 1 fully saturated rings. The van der Waals surface area contributed by atoms with Gasteiger partial charge in [0.1, 0.15) is 30.7 Å². The molecule has 4 atom stereocenters. The van der Waals surface area contributed by atoms with Crippen LogP contribution in [0.3, 0.4) is 0 Å². The summed E-state index contributed by atoms with van der Waals surface area (Å²) in [5, 5.41) is 36.5. The molecule has 0 saturated carbocycles. The summed E-state index contributed by atoms with van der Waals surface area (Å²) < 4.78 is 31.9. The van der Waals surface area contributed by atoms with E-state index in [1.165, 1.54) is 0 Å². The number of aliphatic hydroxyl groups excluding tert-OH is 2. The second-order valence-corrected chi connectivity index (χ2v) is 5.20. The van der Waals surface area contributed by atoms with Crippen molar-refractivity contribution in [2.45, 2.75) is 24.5 Å². The first-order chi connectivity index (χ1) is 9.31. The fourth-order valence-corrected chi connectivity index (χ4v) is 2.02. The Balaban J connectivity index is 2.08. The molecule has 0 radical (unpaired) electrons. The molecule has 0 aromatic carbocycles. The molecule has 4 unspecified atom stereocenters. The van der Waals surface area contributed by atoms with Crippen LogP contribution in [-0.4, -0.2) is 58.3 Å². The van der Waals surface area contributed by atoms with Gasteiger partial charge in [-0.3, -0.25) is 4.18 Å². The third-order valence-electron chi connectivity index (χ3n) is 2.60. The minimum absolute atomic E-state index is 0.139. The molecule has 20 heavy (non-hydrogen) atoms. The molecular formula is C8H11N5O6S. The quantitative estimate of drug-likeness (QED) is 0.523. The first-order valence-electron chi connectivity index (χ1n) is 5.32. The van der Waals surface area contributed by atoms with Crippen LogP contribution in [0.1, 0.15) is 12.1 Å². The zero-order chi connectivity index (χ0) is 14.9. The van der Waals surface area contributed by atoms with Gasteiger partial charge >= 0.3 is 10.3 Å². The van der Waals surface area contributed by atoms with Crippen LogP contribution in [0.4, 0.5) is 0 Å². The van der Waals surface area contributed by atoms with Crippen molar-refractivity contribution in [1.82, 2.24) is 14.8 Å². The van der Waals surface area contributed by atoms with Crippen LogP contribution in [0.5, 0.6) is 0 Å². The van der Waals surface area contributed by atoms with Crippen LogP contribution < -0.4 is 5.14 Å². The Morgan fingerprint density at radius 3 is 2.80 bits per heavy atom. The fourth-order valence-electron chi connectivity index (χ4n) is 1.70. The highest BCUT2D eigenvalue weighted by Gasteiger charge is 2.44. The smallest absolute Gasteiger partial charge is 0.333 e. The second-order valence-electron chi connectivity index (χ2n) is 3.98. The molecule has 2 heterocycles. The summed E-state index contributed by atoms with van der Waals surface area (Å²) in [5.74, 6) is -0.139. The molecule has 11 nitrogen and oxygen atoms in total. The summed E-state index contributed by atoms with van der Waals surface area (Å²) in [4.78, 5) is 3.62. The fraction of sp³-hybridized carbons (Fsp3) is 0.625. The van der Waals surface area contributed by atoms with Gasteiger partial charge < -0.3 is 14.9 Å². The van der Waals surface area contributed by atoms with Crippen molar-refractivity contribution in [3.05, 3.63) is 12.2 Å². The Bertz CT molecular complexity index is 624. The van der Waals surface area contributed by atoms with Gasteiger partial charge in [-0.1, -0.05) is 0 Å². The average molecular weight is 305 g/mol. The largest absolute Gasteiger partial charge is 0.387 e. The standard InChI is InChI=1S/C8H11N5O6S/c9-1-5-11-3-13(12-5)8-7(15)6(14)4(19-8)2-18-20(10,16)17/h3-4,6-8,14-15H,2H2,(H2,10,16,17). The van der Waals surface area contributed by atoms with Gasteiger partial charge in [0, 0.05) is 0 Å². The summed E-state index contributed by atoms with van der Waals surface area (Å²) in [6, 6.07) is 1.69. The van der Waals surface area contributed by atoms with Crippen molar-refractivity contribution < 1.29 is 27.6 Å². The lowest BCUT2D eigenvalue weighted by atomic mass is 10.1. The van der Waals surface area contributed by atoms with E-state index in [1.807, 2.05) is 0 Å². The van der Waals surface area contributed by atoms with Crippen molar-refractivity contribution in [1.29, 1.82) is 5.26 Å². The number of nitriles is 1. The summed E-state index contributed by atoms with van der Waals surface area (Å²) in [6.45, 7) is -0.562. The average Bonchev–Trinajstić information content (AvgIpc) is 2.94. The Labute approximate surface area is 113 Å². The highest BCUT2D eigenvalue weighted by Crippen LogP contribution is 2.28. The molecule has 1 saturated heterocycles. The van der Waals surface area contributed by atoms with Gasteiger partial charge in [0.15, 0.2) is 6.23 Å². The van der Waals surface area contributed by atoms with Crippen molar-refractivity contribution in [2.75, 3.05) is 6.61 Å². The molecule has 110 valence electrons. The Morgan fingerprint density at radius 1 is 1.55 bits per heavy atom. The zero-order valence-electron chi connectivity index (χ0n) is 9.90. The van der Waals surface area contributed by atoms with Crippen LogP contribution in [0.2, 0.25) is 0 Å². The molecular weight excluding hydrogens is 294 g/mol. The van der Waals surface area contributed by atoms with Crippen molar-refractivity contribution in [3.63, 3.8) is 0 Å². The highest BCUT2D eigenvalue weighted by molar-refractivity contribution is 7.84. The van der Waals surface area contributed by atoms with Gasteiger partial charge in [-0.25, -0.2) is 14.8 Å². The molecule has 0 spiro atoms. The molecule has 1 aromatic rings. The Hall–Kier alpha value is -1.62. The molecule has 4 N–H and O–H groups in total. The van der Waals surface area contributed by atoms with Crippen LogP contribution >= 0.6 is 0 Å². The summed E-state index contributed by atoms with van der Waals surface area (Å²) in [5.41, 5.74) is 0. The SMILES string of the molecule is N#Cc1ncn(C2OC(COS(N)(=O)=O)C(O)C2O)n1. The zero-order valence-corrected chi connectivity index (χ0v) is 10.7. The lowest BCUT2D eigenvalue weighted by Crippen LogP contribution is -2.35. The van der Waals surface area contributed by atoms with Gasteiger partial charge in [0.2, 0.25) is 0 Å². The van der Waals surface area contributed by atoms with E-state index in [9.17, 15) is 18.6 Å². The van der Waals surface area contributed by atoms with Gasteiger partial charge in [-0.2, -0.15) is 13.7 Å². The lowest BCUT2D eigenvalue weighted by molar-refractivity contribution is -0.0549. The van der Waals surface area contributed by atoms with Crippen LogP contribution in [-0.2, 0) is 19.2 Å². The van der Waals surface area contributed by atoms with Gasteiger partial charge in [-0.05, 0) is 0 Å². The molecule has 1 aromatic heterocycles. The highest BCUT2D eigenvalue weighted by atomic mass is 32.2. The van der Waals surface area contributed by atoms with E-state index in [1.54, 1.807) is 6.07 Å². The first-order valence-corrected chi connectivity index (χ1v) is 6.79. The number of aromatic nitrogens is 3. The normalized spacial score (nSPS) is 30.3. The minimum atomic E-state index is -4.19. The summed E-state index contributed by atoms with van der Waals surface area (Å²) >= 11 is 0. The van der Waals surface area contributed by atoms with Crippen molar-refractivity contribution >= 4 is 10.3 Å². The Kier molecular flexibility index (Phi) is 3.99. The maximum Gasteiger partial charge on any atom is 0.333 e. The second kappa shape index (κ2) is 5.40. The van der Waals surface area contributed by atoms with Crippen LogP contribution in [0.15, 0.2) is 6.33 Å². The first kappa shape index (κ1) is 14.8. The van der Waals surface area contributed by atoms with E-state index in [2.05, 4.69) is 19.4 Å². The molecule has 0 aliphatic carbocycles. The van der Waals surface area contributed by atoms with Crippen LogP contribution in [0.25, 0.3) is 0 Å². The summed E-state index contributed by atoms with van der Waals surface area (Å²) in [6.07, 6.45) is -3.90. The Morgan fingerprint density at radius 2 is 2.25 bits per heavy atom. The van der Waals surface area contributed by atoms with E-state index in [-0.39, 0.29) is 5.82 Å². The monoisotopic (exact) mass is 305 g/mol. The summed E-state index contributed by atoms with van der Waals surface area (Å²) in [7, 11) is -4.19. The topological polar surface area (TPSA) is 174 Å². The molecule has 12 heteroatoms. The predicted molar refractivity (Wildman–Crippen MR) is 59.7 cm³/mol. The van der Waals surface area contributed by atoms with Gasteiger partial charge in [-0.15, -0.1) is 5.10 Å². The number of aliphatic hydroxyl groups is 2. The molecule has 2 rings (SSSR count). The van der Waals surface area contributed by atoms with E-state index in [4.69, 9.17) is 10.00 Å². The van der Waals surface area contributed by atoms with E-state index >= 15 is 0 Å². The predicted octanol–water partition coefficient (Wildman–Crippen LogP) is -3.01. The van der Waals surface area contributed by atoms with Crippen LogP contribution in [0, 0.1) is 11.3 Å². The maximum atomic E-state index is 10.7. The number of hydrogen-bond donors (Lipinski definition) is 3. The number of nitrogens with two attached hydrogens (primary N) is 1. The molecule has 1 aliphatic rings. The van der Waals surface area contributed by atoms with Gasteiger partial charge in [0.25, 0.3) is 5.82 Å². The third kappa shape index (κ3) is 3.10. The molecule has 0 amide bonds. The van der Waals surface area contributed by atoms with E-state index in [0.717, 1.165) is 11.0 Å². The maximum absolute atomic E-state index is 10.7. The third-order valence-corrected chi connectivity index (χ3v) is 3.07. The van der Waals surface area contributed by atoms with Crippen molar-refractivity contribution in [2.24, 2.45) is 5.14 Å². The van der Waals surface area contributed by atoms with Gasteiger partial charge in [0.05, 0.1) is 6.61 Å². The number of hydrogen-bond acceptors (Lipinski definition) is 9. The lowest BCUT2D eigenvalue weighted by Gasteiger charge is -2.13.